The summed E-state index contributed by atoms with van der Waals surface area (Å²) >= 11 is 0. The molecule has 1 unspecified atom stereocenters. The van der Waals surface area contributed by atoms with Gasteiger partial charge in [-0.05, 0) is 92.8 Å². The van der Waals surface area contributed by atoms with Gasteiger partial charge in [0.05, 0.1) is 29.5 Å². The van der Waals surface area contributed by atoms with E-state index in [2.05, 4.69) is 124 Å². The van der Waals surface area contributed by atoms with Crippen LogP contribution in [0, 0.1) is 18.8 Å². The summed E-state index contributed by atoms with van der Waals surface area (Å²) in [4.78, 5) is 4.73. The number of methoxy groups -OCH3 is 1. The number of hydrogen-bond donors (Lipinski definition) is 0. The van der Waals surface area contributed by atoms with Gasteiger partial charge in [-0.1, -0.05) is 70.9 Å². The highest BCUT2D eigenvalue weighted by molar-refractivity contribution is 6.09. The second kappa shape index (κ2) is 13.8. The standard InChI is InChI=1S/C44H50N4O2/c1-9-10-14-39-43(42-30(6)20-28(4)21-31(42)7)44(27(2)3)46-48(39)32-22-29(5)23-35(24-32)50-34-16-17-37-36-13-11-12-15-38(36)47(40(37)25-34)41-26-33(49-8)18-19-45-41/h11-13,15-20,22-28,31,42H,9-10,14,21H2,1-8H3/t28-,31-,42?/m0/s1. The zero-order chi connectivity index (χ0) is 35.1. The number of fused-ring (bicyclic) bond motifs is 3. The predicted molar refractivity (Wildman–Crippen MR) is 206 cm³/mol. The van der Waals surface area contributed by atoms with Crippen molar-refractivity contribution in [1.82, 2.24) is 19.3 Å². The molecule has 3 atom stereocenters. The average molecular weight is 667 g/mol. The molecule has 1 aliphatic rings. The monoisotopic (exact) mass is 666 g/mol. The highest BCUT2D eigenvalue weighted by atomic mass is 16.5. The van der Waals surface area contributed by atoms with Crippen molar-refractivity contribution < 1.29 is 9.47 Å². The molecule has 7 rings (SSSR count). The number of benzene rings is 3. The quantitative estimate of drug-likeness (QED) is 0.137. The predicted octanol–water partition coefficient (Wildman–Crippen LogP) is 11.6. The molecule has 0 bridgehead atoms. The van der Waals surface area contributed by atoms with E-state index in [4.69, 9.17) is 19.6 Å². The number of aryl methyl sites for hydroxylation is 1. The van der Waals surface area contributed by atoms with Gasteiger partial charge in [-0.2, -0.15) is 5.10 Å². The fourth-order valence-electron chi connectivity index (χ4n) is 8.31. The Bertz CT molecular complexity index is 2200. The fourth-order valence-corrected chi connectivity index (χ4v) is 8.31. The van der Waals surface area contributed by atoms with Gasteiger partial charge in [-0.25, -0.2) is 9.67 Å². The zero-order valence-corrected chi connectivity index (χ0v) is 30.8. The third-order valence-corrected chi connectivity index (χ3v) is 10.4. The fraction of sp³-hybridized carbons (Fsp3) is 0.364. The Kier molecular flexibility index (Phi) is 9.30. The number of allylic oxidation sites excluding steroid dienone is 2. The van der Waals surface area contributed by atoms with E-state index < -0.39 is 0 Å². The summed E-state index contributed by atoms with van der Waals surface area (Å²) in [5.74, 6) is 5.02. The van der Waals surface area contributed by atoms with Crippen molar-refractivity contribution in [2.45, 2.75) is 86.0 Å². The van der Waals surface area contributed by atoms with Gasteiger partial charge in [0.1, 0.15) is 23.1 Å². The summed E-state index contributed by atoms with van der Waals surface area (Å²) in [6.45, 7) is 16.1. The number of hydrogen-bond acceptors (Lipinski definition) is 4. The number of unbranched alkanes of at least 4 members (excludes halogenated alkanes) is 1. The molecular formula is C44H50N4O2. The number of aromatic nitrogens is 4. The molecule has 0 saturated heterocycles. The molecule has 258 valence electrons. The average Bonchev–Trinajstić information content (AvgIpc) is 3.62. The van der Waals surface area contributed by atoms with Gasteiger partial charge in [0.2, 0.25) is 0 Å². The largest absolute Gasteiger partial charge is 0.497 e. The van der Waals surface area contributed by atoms with E-state index in [1.165, 1.54) is 34.3 Å². The topological polar surface area (TPSA) is 54.1 Å². The molecule has 0 spiro atoms. The molecule has 0 radical (unpaired) electrons. The molecule has 0 fully saturated rings. The molecule has 1 aliphatic carbocycles. The van der Waals surface area contributed by atoms with Crippen LogP contribution in [-0.2, 0) is 6.42 Å². The van der Waals surface area contributed by atoms with Gasteiger partial charge in [-0.3, -0.25) is 4.57 Å². The summed E-state index contributed by atoms with van der Waals surface area (Å²) in [6, 6.07) is 25.1. The maximum absolute atomic E-state index is 6.72. The van der Waals surface area contributed by atoms with Crippen LogP contribution in [-0.4, -0.2) is 26.4 Å². The van der Waals surface area contributed by atoms with Gasteiger partial charge in [0, 0.05) is 52.3 Å². The first-order valence-corrected chi connectivity index (χ1v) is 18.3. The van der Waals surface area contributed by atoms with E-state index in [9.17, 15) is 0 Å². The number of para-hydroxylation sites is 1. The maximum Gasteiger partial charge on any atom is 0.141 e. The molecule has 6 heteroatoms. The molecule has 50 heavy (non-hydrogen) atoms. The van der Waals surface area contributed by atoms with Crippen LogP contribution in [0.2, 0.25) is 0 Å². The summed E-state index contributed by atoms with van der Waals surface area (Å²) in [5.41, 5.74) is 9.81. The molecule has 0 amide bonds. The SMILES string of the molecule is CCCCc1c(C2C(C)=C[C@H](C)C[C@@H]2C)c(C(C)C)nn1-c1cc(C)cc(Oc2ccc3c4ccccc4n(-c4cc(OC)ccn4)c3c2)c1. The maximum atomic E-state index is 6.72. The minimum Gasteiger partial charge on any atom is -0.497 e. The number of nitrogens with zero attached hydrogens (tertiary/aromatic N) is 4. The first-order valence-electron chi connectivity index (χ1n) is 18.3. The lowest BCUT2D eigenvalue weighted by atomic mass is 9.71. The first-order chi connectivity index (χ1) is 24.2. The van der Waals surface area contributed by atoms with E-state index >= 15 is 0 Å². The second-order valence-corrected chi connectivity index (χ2v) is 14.7. The Balaban J connectivity index is 1.33. The van der Waals surface area contributed by atoms with E-state index in [1.54, 1.807) is 13.3 Å². The van der Waals surface area contributed by atoms with Crippen LogP contribution < -0.4 is 9.47 Å². The third kappa shape index (κ3) is 6.21. The van der Waals surface area contributed by atoms with E-state index in [-0.39, 0.29) is 0 Å². The molecule has 0 aliphatic heterocycles. The van der Waals surface area contributed by atoms with Crippen LogP contribution >= 0.6 is 0 Å². The Morgan fingerprint density at radius 1 is 0.880 bits per heavy atom. The second-order valence-electron chi connectivity index (χ2n) is 14.7. The van der Waals surface area contributed by atoms with Crippen LogP contribution in [0.5, 0.6) is 17.2 Å². The normalized spacial score (nSPS) is 17.9. The van der Waals surface area contributed by atoms with Crippen molar-refractivity contribution in [1.29, 1.82) is 0 Å². The minimum atomic E-state index is 0.323. The third-order valence-electron chi connectivity index (χ3n) is 10.4. The van der Waals surface area contributed by atoms with E-state index in [0.717, 1.165) is 70.0 Å². The van der Waals surface area contributed by atoms with Crippen LogP contribution in [0.1, 0.15) is 95.2 Å². The number of rotatable bonds is 10. The van der Waals surface area contributed by atoms with Gasteiger partial charge in [0.15, 0.2) is 0 Å². The molecular weight excluding hydrogens is 617 g/mol. The molecule has 3 aromatic heterocycles. The molecule has 3 aromatic carbocycles. The Morgan fingerprint density at radius 3 is 2.44 bits per heavy atom. The van der Waals surface area contributed by atoms with Crippen molar-refractivity contribution >= 4 is 21.8 Å². The molecule has 6 aromatic rings. The Labute approximate surface area is 296 Å². The smallest absolute Gasteiger partial charge is 0.141 e. The van der Waals surface area contributed by atoms with Gasteiger partial charge in [-0.15, -0.1) is 0 Å². The molecule has 3 heterocycles. The van der Waals surface area contributed by atoms with Gasteiger partial charge >= 0.3 is 0 Å². The lowest BCUT2D eigenvalue weighted by Gasteiger charge is -2.33. The summed E-state index contributed by atoms with van der Waals surface area (Å²) in [6.07, 6.45) is 8.76. The molecule has 0 saturated carbocycles. The highest BCUT2D eigenvalue weighted by Crippen LogP contribution is 2.45. The number of ether oxygens (including phenoxy) is 2. The van der Waals surface area contributed by atoms with Crippen molar-refractivity contribution in [3.05, 3.63) is 113 Å². The number of pyridine rings is 1. The van der Waals surface area contributed by atoms with E-state index in [0.29, 0.717) is 23.7 Å². The Hall–Kier alpha value is -4.84. The van der Waals surface area contributed by atoms with Crippen LogP contribution in [0.25, 0.3) is 33.3 Å². The van der Waals surface area contributed by atoms with Gasteiger partial charge in [0.25, 0.3) is 0 Å². The zero-order valence-electron chi connectivity index (χ0n) is 30.8. The summed E-state index contributed by atoms with van der Waals surface area (Å²) in [7, 11) is 1.68. The van der Waals surface area contributed by atoms with Crippen LogP contribution in [0.4, 0.5) is 0 Å². The summed E-state index contributed by atoms with van der Waals surface area (Å²) < 4.78 is 16.7. The van der Waals surface area contributed by atoms with Gasteiger partial charge < -0.3 is 9.47 Å². The lowest BCUT2D eigenvalue weighted by Crippen LogP contribution is -2.21. The summed E-state index contributed by atoms with van der Waals surface area (Å²) in [5, 5.41) is 7.73. The van der Waals surface area contributed by atoms with Crippen LogP contribution in [0.15, 0.2) is 90.6 Å². The van der Waals surface area contributed by atoms with Crippen molar-refractivity contribution in [2.75, 3.05) is 7.11 Å². The first kappa shape index (κ1) is 33.6. The lowest BCUT2D eigenvalue weighted by molar-refractivity contribution is 0.388. The van der Waals surface area contributed by atoms with E-state index in [1.807, 2.05) is 12.1 Å². The highest BCUT2D eigenvalue weighted by Gasteiger charge is 2.34. The van der Waals surface area contributed by atoms with Crippen LogP contribution in [0.3, 0.4) is 0 Å². The molecule has 6 nitrogen and oxygen atoms in total. The minimum absolute atomic E-state index is 0.323. The Morgan fingerprint density at radius 2 is 1.68 bits per heavy atom. The van der Waals surface area contributed by atoms with Crippen molar-refractivity contribution in [3.63, 3.8) is 0 Å². The molecule has 0 N–H and O–H groups in total. The van der Waals surface area contributed by atoms with Crippen molar-refractivity contribution in [2.24, 2.45) is 11.8 Å². The van der Waals surface area contributed by atoms with Crippen molar-refractivity contribution in [3.8, 4) is 28.8 Å².